The van der Waals surface area contributed by atoms with Gasteiger partial charge in [-0.3, -0.25) is 0 Å². The molecule has 1 atom stereocenters. The van der Waals surface area contributed by atoms with Gasteiger partial charge in [0.15, 0.2) is 0 Å². The van der Waals surface area contributed by atoms with Crippen LogP contribution >= 0.6 is 11.6 Å². The maximum absolute atomic E-state index is 9.71. The zero-order chi connectivity index (χ0) is 15.4. The summed E-state index contributed by atoms with van der Waals surface area (Å²) in [6.45, 7) is 6.78. The van der Waals surface area contributed by atoms with E-state index in [1.54, 1.807) is 14.0 Å². The van der Waals surface area contributed by atoms with Gasteiger partial charge in [0.25, 0.3) is 0 Å². The molecule has 0 unspecified atom stereocenters. The molecule has 1 N–H and O–H groups in total. The molecule has 0 fully saturated rings. The van der Waals surface area contributed by atoms with Crippen molar-refractivity contribution in [3.63, 3.8) is 0 Å². The van der Waals surface area contributed by atoms with Gasteiger partial charge < -0.3 is 14.4 Å². The first-order chi connectivity index (χ1) is 9.86. The summed E-state index contributed by atoms with van der Waals surface area (Å²) in [5.74, 6) is 0.684. The number of aliphatic hydroxyl groups is 1. The van der Waals surface area contributed by atoms with Gasteiger partial charge in [0.05, 0.1) is 23.9 Å². The third-order valence-corrected chi connectivity index (χ3v) is 4.61. The van der Waals surface area contributed by atoms with Crippen LogP contribution in [0.15, 0.2) is 24.4 Å². The summed E-state index contributed by atoms with van der Waals surface area (Å²) in [7, 11) is 1.63. The third kappa shape index (κ3) is 2.07. The van der Waals surface area contributed by atoms with Crippen molar-refractivity contribution in [1.29, 1.82) is 0 Å². The summed E-state index contributed by atoms with van der Waals surface area (Å²) in [5, 5.41) is 10.3. The van der Waals surface area contributed by atoms with Gasteiger partial charge in [0, 0.05) is 23.7 Å². The molecular formula is C17H20ClNO2. The van der Waals surface area contributed by atoms with Crippen molar-refractivity contribution in [3.8, 4) is 17.0 Å². The van der Waals surface area contributed by atoms with Crippen LogP contribution in [0, 0.1) is 0 Å². The maximum Gasteiger partial charge on any atom is 0.138 e. The molecule has 1 aromatic carbocycles. The van der Waals surface area contributed by atoms with Crippen LogP contribution in [-0.2, 0) is 12.0 Å². The Morgan fingerprint density at radius 3 is 2.67 bits per heavy atom. The van der Waals surface area contributed by atoms with E-state index in [0.29, 0.717) is 17.3 Å². The summed E-state index contributed by atoms with van der Waals surface area (Å²) >= 11 is 6.30. The molecule has 1 aliphatic rings. The highest BCUT2D eigenvalue weighted by molar-refractivity contribution is 6.32. The van der Waals surface area contributed by atoms with Crippen LogP contribution in [0.3, 0.4) is 0 Å². The van der Waals surface area contributed by atoms with Crippen LogP contribution in [0.2, 0.25) is 5.02 Å². The number of halogens is 1. The molecule has 1 aromatic heterocycles. The van der Waals surface area contributed by atoms with Crippen molar-refractivity contribution in [2.75, 3.05) is 7.11 Å². The molecule has 1 heterocycles. The zero-order valence-electron chi connectivity index (χ0n) is 12.8. The summed E-state index contributed by atoms with van der Waals surface area (Å²) in [5.41, 5.74) is 4.68. The Morgan fingerprint density at radius 2 is 2.05 bits per heavy atom. The molecule has 112 valence electrons. The highest BCUT2D eigenvalue weighted by Gasteiger charge is 2.38. The number of methoxy groups -OCH3 is 1. The number of nitrogens with zero attached hydrogens (tertiary/aromatic N) is 1. The third-order valence-electron chi connectivity index (χ3n) is 4.32. The van der Waals surface area contributed by atoms with Gasteiger partial charge in [0.1, 0.15) is 5.75 Å². The molecule has 4 heteroatoms. The van der Waals surface area contributed by atoms with Gasteiger partial charge in [-0.1, -0.05) is 25.4 Å². The number of hydrogen-bond donors (Lipinski definition) is 1. The standard InChI is InChI=1S/C17H20ClNO2/c1-10(20)9-19-6-5-12-16(19)11-7-15(21-4)14(18)8-13(11)17(12,2)3/h5-8,10,20H,9H2,1-4H3/t10-/m1/s1. The smallest absolute Gasteiger partial charge is 0.138 e. The van der Waals surface area contributed by atoms with Crippen LogP contribution in [0.4, 0.5) is 0 Å². The largest absolute Gasteiger partial charge is 0.495 e. The molecule has 0 amide bonds. The lowest BCUT2D eigenvalue weighted by Crippen LogP contribution is -2.14. The Morgan fingerprint density at radius 1 is 1.33 bits per heavy atom. The second kappa shape index (κ2) is 4.79. The quantitative estimate of drug-likeness (QED) is 0.935. The molecule has 0 saturated heterocycles. The van der Waals surface area contributed by atoms with Crippen molar-refractivity contribution in [3.05, 3.63) is 40.5 Å². The highest BCUT2D eigenvalue weighted by atomic mass is 35.5. The average molecular weight is 306 g/mol. The minimum Gasteiger partial charge on any atom is -0.495 e. The molecular weight excluding hydrogens is 286 g/mol. The minimum absolute atomic E-state index is 0.0927. The van der Waals surface area contributed by atoms with E-state index < -0.39 is 0 Å². The van der Waals surface area contributed by atoms with Crippen LogP contribution in [0.1, 0.15) is 31.9 Å². The second-order valence-electron chi connectivity index (χ2n) is 6.24. The maximum atomic E-state index is 9.71. The van der Waals surface area contributed by atoms with Crippen LogP contribution in [-0.4, -0.2) is 22.9 Å². The van der Waals surface area contributed by atoms with Crippen molar-refractivity contribution in [1.82, 2.24) is 4.57 Å². The van der Waals surface area contributed by atoms with E-state index in [1.807, 2.05) is 18.3 Å². The molecule has 0 saturated carbocycles. The first-order valence-electron chi connectivity index (χ1n) is 7.12. The van der Waals surface area contributed by atoms with E-state index in [0.717, 1.165) is 11.3 Å². The van der Waals surface area contributed by atoms with Crippen molar-refractivity contribution < 1.29 is 9.84 Å². The Labute approximate surface area is 130 Å². The minimum atomic E-state index is -0.386. The lowest BCUT2D eigenvalue weighted by Gasteiger charge is -2.20. The van der Waals surface area contributed by atoms with Crippen LogP contribution in [0.25, 0.3) is 11.3 Å². The molecule has 21 heavy (non-hydrogen) atoms. The second-order valence-corrected chi connectivity index (χ2v) is 6.64. The number of benzene rings is 1. The summed E-state index contributed by atoms with van der Waals surface area (Å²) in [6, 6.07) is 6.14. The van der Waals surface area contributed by atoms with Crippen LogP contribution in [0.5, 0.6) is 5.75 Å². The van der Waals surface area contributed by atoms with Crippen LogP contribution < -0.4 is 4.74 Å². The number of aliphatic hydroxyl groups excluding tert-OH is 1. The molecule has 0 bridgehead atoms. The number of aromatic nitrogens is 1. The van der Waals surface area contributed by atoms with E-state index in [9.17, 15) is 5.11 Å². The van der Waals surface area contributed by atoms with Gasteiger partial charge in [-0.2, -0.15) is 0 Å². The van der Waals surface area contributed by atoms with Gasteiger partial charge >= 0.3 is 0 Å². The lowest BCUT2D eigenvalue weighted by molar-refractivity contribution is 0.174. The monoisotopic (exact) mass is 305 g/mol. The molecule has 3 nitrogen and oxygen atoms in total. The average Bonchev–Trinajstić information content (AvgIpc) is 2.89. The highest BCUT2D eigenvalue weighted by Crippen LogP contribution is 2.51. The van der Waals surface area contributed by atoms with Gasteiger partial charge in [-0.15, -0.1) is 0 Å². The number of fused-ring (bicyclic) bond motifs is 3. The van der Waals surface area contributed by atoms with E-state index in [-0.39, 0.29) is 11.5 Å². The summed E-state index contributed by atoms with van der Waals surface area (Å²) in [6.07, 6.45) is 1.66. The van der Waals surface area contributed by atoms with E-state index in [1.165, 1.54) is 11.1 Å². The molecule has 3 rings (SSSR count). The Bertz CT molecular complexity index is 701. The number of hydrogen-bond acceptors (Lipinski definition) is 2. The van der Waals surface area contributed by atoms with E-state index >= 15 is 0 Å². The first-order valence-corrected chi connectivity index (χ1v) is 7.50. The molecule has 2 aromatic rings. The van der Waals surface area contributed by atoms with Crippen molar-refractivity contribution in [2.24, 2.45) is 0 Å². The van der Waals surface area contributed by atoms with Gasteiger partial charge in [-0.05, 0) is 36.2 Å². The summed E-state index contributed by atoms with van der Waals surface area (Å²) < 4.78 is 7.47. The fourth-order valence-electron chi connectivity index (χ4n) is 3.28. The molecule has 0 aliphatic heterocycles. The van der Waals surface area contributed by atoms with E-state index in [2.05, 4.69) is 24.5 Å². The topological polar surface area (TPSA) is 34.4 Å². The van der Waals surface area contributed by atoms with E-state index in [4.69, 9.17) is 16.3 Å². The zero-order valence-corrected chi connectivity index (χ0v) is 13.5. The fraction of sp³-hybridized carbons (Fsp3) is 0.412. The molecule has 0 spiro atoms. The predicted molar refractivity (Wildman–Crippen MR) is 85.2 cm³/mol. The molecule has 1 aliphatic carbocycles. The Balaban J connectivity index is 2.25. The van der Waals surface area contributed by atoms with Crippen molar-refractivity contribution in [2.45, 2.75) is 38.8 Å². The molecule has 0 radical (unpaired) electrons. The lowest BCUT2D eigenvalue weighted by atomic mass is 9.83. The van der Waals surface area contributed by atoms with Crippen molar-refractivity contribution >= 4 is 11.6 Å². The predicted octanol–water partition coefficient (Wildman–Crippen LogP) is 3.84. The fourth-order valence-corrected chi connectivity index (χ4v) is 3.52. The SMILES string of the molecule is COc1cc2c(cc1Cl)C(C)(C)c1ccn(C[C@@H](C)O)c1-2. The van der Waals surface area contributed by atoms with Gasteiger partial charge in [-0.25, -0.2) is 0 Å². The van der Waals surface area contributed by atoms with Gasteiger partial charge in [0.2, 0.25) is 0 Å². The Hall–Kier alpha value is -1.45. The Kier molecular flexibility index (Phi) is 3.30. The first kappa shape index (κ1) is 14.5. The number of ether oxygens (including phenoxy) is 1. The normalized spacial score (nSPS) is 16.5. The summed E-state index contributed by atoms with van der Waals surface area (Å²) in [4.78, 5) is 0. The number of rotatable bonds is 3.